The maximum absolute atomic E-state index is 13.4. The number of hydrogen-bond acceptors (Lipinski definition) is 3. The number of alkyl halides is 1. The highest BCUT2D eigenvalue weighted by Gasteiger charge is 2.21. The number of benzene rings is 1. The van der Waals surface area contributed by atoms with Gasteiger partial charge in [0.2, 0.25) is 0 Å². The highest BCUT2D eigenvalue weighted by molar-refractivity contribution is 6.23. The topological polar surface area (TPSA) is 75.5 Å². The molecule has 1 aromatic carbocycles. The molecule has 2 N–H and O–H groups in total. The number of carbonyl (C=O) groups excluding carboxylic acids is 2. The number of fused-ring (bicyclic) bond motifs is 1. The van der Waals surface area contributed by atoms with Crippen molar-refractivity contribution in [3.8, 4) is 0 Å². The molecule has 33 heavy (non-hydrogen) atoms. The first-order valence-corrected chi connectivity index (χ1v) is 10.9. The van der Waals surface area contributed by atoms with E-state index in [-0.39, 0.29) is 23.5 Å². The molecular formula is C24H21ClF2N4O2. The van der Waals surface area contributed by atoms with Crippen molar-refractivity contribution in [3.63, 3.8) is 0 Å². The SMILES string of the molecule is CCc1cc(C(=O)NCc2ccc(F)c(F)c2)nc2c(C(=O)NC3=CC=CCC3Cl)ccn12. The third-order valence-electron chi connectivity index (χ3n) is 5.33. The van der Waals surface area contributed by atoms with E-state index in [1.165, 1.54) is 6.07 Å². The lowest BCUT2D eigenvalue weighted by molar-refractivity contribution is 0.0941. The standard InChI is InChI=1S/C24H21ClF2N4O2/c1-2-15-12-21(24(33)28-13-14-7-8-18(26)19(27)11-14)29-22-16(9-10-31(15)22)23(32)30-20-6-4-3-5-17(20)25/h3-4,6-12,17H,2,5,13H2,1H3,(H,28,33)(H,30,32). The molecular weight excluding hydrogens is 450 g/mol. The molecule has 0 bridgehead atoms. The van der Waals surface area contributed by atoms with Crippen LogP contribution in [0, 0.1) is 11.6 Å². The summed E-state index contributed by atoms with van der Waals surface area (Å²) in [5.41, 5.74) is 2.55. The van der Waals surface area contributed by atoms with E-state index in [1.54, 1.807) is 28.8 Å². The van der Waals surface area contributed by atoms with Crippen molar-refractivity contribution in [1.29, 1.82) is 0 Å². The van der Waals surface area contributed by atoms with E-state index in [1.807, 2.05) is 19.1 Å². The van der Waals surface area contributed by atoms with Gasteiger partial charge in [0.15, 0.2) is 17.3 Å². The summed E-state index contributed by atoms with van der Waals surface area (Å²) in [6.07, 6.45) is 8.44. The normalized spacial score (nSPS) is 15.4. The number of nitrogens with zero attached hydrogens (tertiary/aromatic N) is 2. The number of aromatic nitrogens is 2. The number of hydrogen-bond donors (Lipinski definition) is 2. The van der Waals surface area contributed by atoms with Gasteiger partial charge in [-0.05, 0) is 48.7 Å². The smallest absolute Gasteiger partial charge is 0.270 e. The molecule has 3 aromatic rings. The lowest BCUT2D eigenvalue weighted by Crippen LogP contribution is -2.28. The summed E-state index contributed by atoms with van der Waals surface area (Å²) in [6.45, 7) is 1.92. The maximum atomic E-state index is 13.4. The lowest BCUT2D eigenvalue weighted by atomic mass is 10.1. The largest absolute Gasteiger partial charge is 0.347 e. The summed E-state index contributed by atoms with van der Waals surface area (Å²) < 4.78 is 28.3. The quantitative estimate of drug-likeness (QED) is 0.528. The molecule has 2 aromatic heterocycles. The Kier molecular flexibility index (Phi) is 6.55. The third kappa shape index (κ3) is 4.80. The van der Waals surface area contributed by atoms with E-state index in [0.29, 0.717) is 35.3 Å². The molecule has 1 unspecified atom stereocenters. The minimum Gasteiger partial charge on any atom is -0.347 e. The molecule has 9 heteroatoms. The number of rotatable bonds is 6. The predicted octanol–water partition coefficient (Wildman–Crippen LogP) is 4.29. The second-order valence-corrected chi connectivity index (χ2v) is 8.07. The Morgan fingerprint density at radius 2 is 2.00 bits per heavy atom. The van der Waals surface area contributed by atoms with Crippen LogP contribution in [0.3, 0.4) is 0 Å². The van der Waals surface area contributed by atoms with Gasteiger partial charge >= 0.3 is 0 Å². The van der Waals surface area contributed by atoms with Gasteiger partial charge in [0.25, 0.3) is 11.8 Å². The molecule has 1 aliphatic rings. The summed E-state index contributed by atoms with van der Waals surface area (Å²) in [5, 5.41) is 5.15. The van der Waals surface area contributed by atoms with Crippen molar-refractivity contribution in [2.75, 3.05) is 0 Å². The van der Waals surface area contributed by atoms with Crippen LogP contribution in [0.15, 0.2) is 60.5 Å². The monoisotopic (exact) mass is 470 g/mol. The second-order valence-electron chi connectivity index (χ2n) is 7.55. The van der Waals surface area contributed by atoms with E-state index in [9.17, 15) is 18.4 Å². The first-order chi connectivity index (χ1) is 15.9. The maximum Gasteiger partial charge on any atom is 0.270 e. The summed E-state index contributed by atoms with van der Waals surface area (Å²) in [6, 6.07) is 6.70. The van der Waals surface area contributed by atoms with Gasteiger partial charge in [-0.25, -0.2) is 13.8 Å². The van der Waals surface area contributed by atoms with Crippen LogP contribution >= 0.6 is 11.6 Å². The summed E-state index contributed by atoms with van der Waals surface area (Å²) in [5.74, 6) is -2.81. The highest BCUT2D eigenvalue weighted by Crippen LogP contribution is 2.20. The van der Waals surface area contributed by atoms with E-state index in [2.05, 4.69) is 15.6 Å². The van der Waals surface area contributed by atoms with Gasteiger partial charge in [0, 0.05) is 24.1 Å². The van der Waals surface area contributed by atoms with Crippen LogP contribution in [0.25, 0.3) is 5.65 Å². The molecule has 0 spiro atoms. The molecule has 0 radical (unpaired) electrons. The van der Waals surface area contributed by atoms with Crippen molar-refractivity contribution in [2.24, 2.45) is 0 Å². The Bertz CT molecular complexity index is 1300. The van der Waals surface area contributed by atoms with Crippen LogP contribution in [0.2, 0.25) is 0 Å². The van der Waals surface area contributed by atoms with Crippen LogP contribution in [0.1, 0.15) is 45.4 Å². The fourth-order valence-electron chi connectivity index (χ4n) is 3.55. The molecule has 0 fully saturated rings. The van der Waals surface area contributed by atoms with Crippen LogP contribution < -0.4 is 10.6 Å². The van der Waals surface area contributed by atoms with Crippen LogP contribution in [0.4, 0.5) is 8.78 Å². The van der Waals surface area contributed by atoms with E-state index in [0.717, 1.165) is 17.8 Å². The minimum absolute atomic E-state index is 0.00249. The summed E-state index contributed by atoms with van der Waals surface area (Å²) in [4.78, 5) is 30.1. The van der Waals surface area contributed by atoms with Crippen LogP contribution in [-0.2, 0) is 13.0 Å². The molecule has 2 amide bonds. The lowest BCUT2D eigenvalue weighted by Gasteiger charge is -2.16. The number of aryl methyl sites for hydroxylation is 1. The molecule has 4 rings (SSSR count). The molecule has 1 atom stereocenters. The average Bonchev–Trinajstić information content (AvgIpc) is 3.24. The zero-order chi connectivity index (χ0) is 23.5. The number of carbonyl (C=O) groups is 2. The Balaban J connectivity index is 1.59. The number of amides is 2. The summed E-state index contributed by atoms with van der Waals surface area (Å²) in [7, 11) is 0. The van der Waals surface area contributed by atoms with E-state index in [4.69, 9.17) is 11.6 Å². The van der Waals surface area contributed by atoms with E-state index >= 15 is 0 Å². The van der Waals surface area contributed by atoms with Crippen molar-refractivity contribution < 1.29 is 18.4 Å². The molecule has 0 saturated carbocycles. The Hall–Kier alpha value is -3.52. The molecule has 2 heterocycles. The zero-order valence-corrected chi connectivity index (χ0v) is 18.5. The molecule has 1 aliphatic carbocycles. The second kappa shape index (κ2) is 9.54. The van der Waals surface area contributed by atoms with Gasteiger partial charge < -0.3 is 15.0 Å². The Labute approximate surface area is 194 Å². The number of nitrogens with one attached hydrogen (secondary N) is 2. The van der Waals surface area contributed by atoms with Crippen LogP contribution in [0.5, 0.6) is 0 Å². The minimum atomic E-state index is -0.985. The molecule has 6 nitrogen and oxygen atoms in total. The fraction of sp³-hybridized carbons (Fsp3) is 0.208. The summed E-state index contributed by atoms with van der Waals surface area (Å²) >= 11 is 6.27. The molecule has 170 valence electrons. The number of halogens is 3. The molecule has 0 saturated heterocycles. The van der Waals surface area contributed by atoms with Crippen molar-refractivity contribution in [3.05, 3.63) is 94.6 Å². The number of allylic oxidation sites excluding steroid dienone is 4. The Morgan fingerprint density at radius 1 is 1.18 bits per heavy atom. The van der Waals surface area contributed by atoms with Gasteiger partial charge in [0.05, 0.1) is 10.9 Å². The first-order valence-electron chi connectivity index (χ1n) is 10.4. The third-order valence-corrected chi connectivity index (χ3v) is 5.74. The van der Waals surface area contributed by atoms with E-state index < -0.39 is 17.5 Å². The van der Waals surface area contributed by atoms with Crippen molar-refractivity contribution >= 4 is 29.1 Å². The van der Waals surface area contributed by atoms with Gasteiger partial charge in [-0.3, -0.25) is 9.59 Å². The average molecular weight is 471 g/mol. The van der Waals surface area contributed by atoms with Gasteiger partial charge in [0.1, 0.15) is 5.69 Å². The van der Waals surface area contributed by atoms with Crippen LogP contribution in [-0.4, -0.2) is 26.6 Å². The van der Waals surface area contributed by atoms with Gasteiger partial charge in [-0.1, -0.05) is 25.1 Å². The Morgan fingerprint density at radius 3 is 2.73 bits per heavy atom. The first kappa shape index (κ1) is 22.7. The highest BCUT2D eigenvalue weighted by atomic mass is 35.5. The predicted molar refractivity (Wildman–Crippen MR) is 121 cm³/mol. The van der Waals surface area contributed by atoms with Crippen molar-refractivity contribution in [1.82, 2.24) is 20.0 Å². The van der Waals surface area contributed by atoms with Gasteiger partial charge in [-0.15, -0.1) is 11.6 Å². The van der Waals surface area contributed by atoms with Gasteiger partial charge in [-0.2, -0.15) is 0 Å². The zero-order valence-electron chi connectivity index (χ0n) is 17.7. The fourth-order valence-corrected chi connectivity index (χ4v) is 3.78. The van der Waals surface area contributed by atoms with Crippen molar-refractivity contribution in [2.45, 2.75) is 31.7 Å². The molecule has 0 aliphatic heterocycles.